The highest BCUT2D eigenvalue weighted by molar-refractivity contribution is 6.05. The van der Waals surface area contributed by atoms with Crippen molar-refractivity contribution in [2.45, 2.75) is 0 Å². The zero-order chi connectivity index (χ0) is 40.5. The maximum Gasteiger partial charge on any atom is 0.137 e. The monoisotopic (exact) mass is 780 g/mol. The minimum atomic E-state index is 0.924. The lowest BCUT2D eigenvalue weighted by atomic mass is 9.98. The van der Waals surface area contributed by atoms with Crippen molar-refractivity contribution in [1.29, 1.82) is 0 Å². The topological polar surface area (TPSA) is 25.5 Å². The first-order valence-electron chi connectivity index (χ1n) is 20.7. The molecule has 3 heterocycles. The fourth-order valence-corrected chi connectivity index (χ4v) is 8.74. The van der Waals surface area contributed by atoms with Gasteiger partial charge in [0, 0.05) is 51.0 Å². The van der Waals surface area contributed by atoms with Crippen LogP contribution in [-0.2, 0) is 0 Å². The maximum atomic E-state index is 5.06. The van der Waals surface area contributed by atoms with Gasteiger partial charge in [0.2, 0.25) is 0 Å². The first-order chi connectivity index (χ1) is 30.3. The molecule has 0 amide bonds. The summed E-state index contributed by atoms with van der Waals surface area (Å²) in [7, 11) is 0. The minimum Gasteiger partial charge on any atom is -0.311 e. The second-order valence-electron chi connectivity index (χ2n) is 15.2. The molecule has 0 saturated heterocycles. The van der Waals surface area contributed by atoms with E-state index in [1.807, 2.05) is 12.1 Å². The van der Waals surface area contributed by atoms with E-state index in [-0.39, 0.29) is 0 Å². The minimum absolute atomic E-state index is 0.924. The number of pyridine rings is 1. The van der Waals surface area contributed by atoms with Gasteiger partial charge in [0.15, 0.2) is 0 Å². The summed E-state index contributed by atoms with van der Waals surface area (Å²) in [5.74, 6) is 0. The molecule has 3 aromatic heterocycles. The highest BCUT2D eigenvalue weighted by Gasteiger charge is 2.22. The molecule has 0 N–H and O–H groups in total. The molecule has 4 nitrogen and oxygen atoms in total. The van der Waals surface area contributed by atoms with Crippen LogP contribution in [0.25, 0.3) is 78.3 Å². The van der Waals surface area contributed by atoms with E-state index >= 15 is 0 Å². The fraction of sp³-hybridized carbons (Fsp3) is 0. The number of anilines is 3. The fourth-order valence-electron chi connectivity index (χ4n) is 8.74. The van der Waals surface area contributed by atoms with Crippen LogP contribution in [0.4, 0.5) is 17.1 Å². The highest BCUT2D eigenvalue weighted by atomic mass is 15.1. The molecule has 0 aliphatic carbocycles. The lowest BCUT2D eigenvalue weighted by molar-refractivity contribution is 1.14. The summed E-state index contributed by atoms with van der Waals surface area (Å²) in [6.07, 6.45) is 2.09. The van der Waals surface area contributed by atoms with Crippen LogP contribution < -0.4 is 4.90 Å². The van der Waals surface area contributed by atoms with Crippen LogP contribution in [0.15, 0.2) is 243 Å². The quantitative estimate of drug-likeness (QED) is 0.146. The van der Waals surface area contributed by atoms with Gasteiger partial charge in [0.05, 0.1) is 22.6 Å². The Kier molecular flexibility index (Phi) is 9.14. The van der Waals surface area contributed by atoms with Crippen molar-refractivity contribution in [2.75, 3.05) is 4.90 Å². The molecule has 288 valence electrons. The number of rotatable bonds is 9. The van der Waals surface area contributed by atoms with Crippen molar-refractivity contribution >= 4 is 33.6 Å². The van der Waals surface area contributed by atoms with E-state index in [1.54, 1.807) is 0 Å². The second kappa shape index (κ2) is 15.5. The molecule has 0 radical (unpaired) electrons. The normalized spacial score (nSPS) is 11.3. The number of nitrogens with zero attached hydrogens (tertiary/aromatic N) is 4. The zero-order valence-corrected chi connectivity index (χ0v) is 33.4. The Morgan fingerprint density at radius 3 is 1.46 bits per heavy atom. The summed E-state index contributed by atoms with van der Waals surface area (Å²) in [6, 6.07) is 84.2. The third kappa shape index (κ3) is 6.57. The Bertz CT molecular complexity index is 3240. The summed E-state index contributed by atoms with van der Waals surface area (Å²) < 4.78 is 4.60. The van der Waals surface area contributed by atoms with E-state index in [9.17, 15) is 0 Å². The standard InChI is InChI=1S/C57H40N4/c1-5-17-43(18-6-1)54-51-25-13-14-26-52(51)61(56(54)45-21-9-3-10-22-45)50-36-30-42(31-37-50)41-28-34-48(35-29-41)60(47-23-11-4-12-24-47)49-38-32-46(33-39-49)57-55(44-19-7-2-8-20-44)58-53-27-15-16-40-59(53)57/h1-40H. The lowest BCUT2D eigenvalue weighted by Crippen LogP contribution is -2.09. The molecule has 8 aromatic carbocycles. The number of para-hydroxylation sites is 2. The van der Waals surface area contributed by atoms with Gasteiger partial charge in [0.25, 0.3) is 0 Å². The Labute approximate surface area is 355 Å². The average Bonchev–Trinajstić information content (AvgIpc) is 3.91. The van der Waals surface area contributed by atoms with Gasteiger partial charge in [-0.15, -0.1) is 0 Å². The molecule has 0 aliphatic heterocycles. The number of imidazole rings is 1. The Morgan fingerprint density at radius 1 is 0.344 bits per heavy atom. The molecule has 0 fully saturated rings. The van der Waals surface area contributed by atoms with Gasteiger partial charge in [-0.3, -0.25) is 4.40 Å². The van der Waals surface area contributed by atoms with Gasteiger partial charge in [-0.25, -0.2) is 4.98 Å². The van der Waals surface area contributed by atoms with Crippen LogP contribution in [0.1, 0.15) is 0 Å². The maximum absolute atomic E-state index is 5.06. The molecule has 4 heteroatoms. The van der Waals surface area contributed by atoms with E-state index in [0.29, 0.717) is 0 Å². The van der Waals surface area contributed by atoms with Crippen molar-refractivity contribution in [3.05, 3.63) is 243 Å². The molecule has 0 unspecified atom stereocenters. The summed E-state index contributed by atoms with van der Waals surface area (Å²) in [5.41, 5.74) is 17.9. The molecule has 0 bridgehead atoms. The van der Waals surface area contributed by atoms with Crippen molar-refractivity contribution < 1.29 is 0 Å². The molecule has 11 rings (SSSR count). The summed E-state index contributed by atoms with van der Waals surface area (Å²) in [6.45, 7) is 0. The van der Waals surface area contributed by atoms with Gasteiger partial charge in [-0.2, -0.15) is 0 Å². The van der Waals surface area contributed by atoms with Gasteiger partial charge in [-0.05, 0) is 89.0 Å². The van der Waals surface area contributed by atoms with Gasteiger partial charge < -0.3 is 9.47 Å². The SMILES string of the molecule is c1ccc(-c2nc3ccccn3c2-c2ccc(N(c3ccccc3)c3ccc(-c4ccc(-n5c(-c6ccccc6)c(-c6ccccc6)c6ccccc65)cc4)cc3)cc2)cc1. The number of aromatic nitrogens is 3. The third-order valence-corrected chi connectivity index (χ3v) is 11.6. The molecular weight excluding hydrogens is 741 g/mol. The first-order valence-corrected chi connectivity index (χ1v) is 20.7. The number of fused-ring (bicyclic) bond motifs is 2. The predicted octanol–water partition coefficient (Wildman–Crippen LogP) is 15.1. The largest absolute Gasteiger partial charge is 0.311 e. The molecular formula is C57H40N4. The summed E-state index contributed by atoms with van der Waals surface area (Å²) in [4.78, 5) is 7.37. The Balaban J connectivity index is 0.944. The second-order valence-corrected chi connectivity index (χ2v) is 15.2. The Hall–Kier alpha value is -8.21. The van der Waals surface area contributed by atoms with Crippen molar-refractivity contribution in [3.63, 3.8) is 0 Å². The Morgan fingerprint density at radius 2 is 0.820 bits per heavy atom. The van der Waals surface area contributed by atoms with E-state index in [0.717, 1.165) is 62.0 Å². The highest BCUT2D eigenvalue weighted by Crippen LogP contribution is 2.43. The molecule has 0 spiro atoms. The predicted molar refractivity (Wildman–Crippen MR) is 254 cm³/mol. The molecule has 0 saturated carbocycles. The number of hydrogen-bond acceptors (Lipinski definition) is 2. The van der Waals surface area contributed by atoms with Gasteiger partial charge in [-0.1, -0.05) is 170 Å². The van der Waals surface area contributed by atoms with Crippen LogP contribution in [0, 0.1) is 0 Å². The third-order valence-electron chi connectivity index (χ3n) is 11.6. The van der Waals surface area contributed by atoms with Crippen LogP contribution >= 0.6 is 0 Å². The molecule has 11 aromatic rings. The number of hydrogen-bond donors (Lipinski definition) is 0. The van der Waals surface area contributed by atoms with E-state index in [4.69, 9.17) is 4.98 Å². The van der Waals surface area contributed by atoms with E-state index < -0.39 is 0 Å². The first kappa shape index (κ1) is 35.9. The number of benzene rings is 8. The van der Waals surface area contributed by atoms with E-state index in [2.05, 4.69) is 245 Å². The van der Waals surface area contributed by atoms with Crippen LogP contribution in [-0.4, -0.2) is 14.0 Å². The van der Waals surface area contributed by atoms with Crippen molar-refractivity contribution in [1.82, 2.24) is 14.0 Å². The molecule has 0 atom stereocenters. The zero-order valence-electron chi connectivity index (χ0n) is 33.4. The van der Waals surface area contributed by atoms with Gasteiger partial charge >= 0.3 is 0 Å². The van der Waals surface area contributed by atoms with Crippen LogP contribution in [0.2, 0.25) is 0 Å². The van der Waals surface area contributed by atoms with Crippen molar-refractivity contribution in [3.8, 4) is 61.7 Å². The van der Waals surface area contributed by atoms with Gasteiger partial charge in [0.1, 0.15) is 5.65 Å². The summed E-state index contributed by atoms with van der Waals surface area (Å²) >= 11 is 0. The molecule has 0 aliphatic rings. The molecule has 61 heavy (non-hydrogen) atoms. The van der Waals surface area contributed by atoms with Crippen LogP contribution in [0.3, 0.4) is 0 Å². The van der Waals surface area contributed by atoms with Crippen molar-refractivity contribution in [2.24, 2.45) is 0 Å². The lowest BCUT2D eigenvalue weighted by Gasteiger charge is -2.26. The van der Waals surface area contributed by atoms with Crippen LogP contribution in [0.5, 0.6) is 0 Å². The smallest absolute Gasteiger partial charge is 0.137 e. The van der Waals surface area contributed by atoms with E-state index in [1.165, 1.54) is 33.3 Å². The summed E-state index contributed by atoms with van der Waals surface area (Å²) in [5, 5.41) is 1.23. The average molecular weight is 781 g/mol.